The van der Waals surface area contributed by atoms with E-state index in [1.54, 1.807) is 30.3 Å². The van der Waals surface area contributed by atoms with Crippen LogP contribution >= 0.6 is 0 Å². The molecule has 0 heterocycles. The molecule has 0 spiro atoms. The quantitative estimate of drug-likeness (QED) is 0.157. The molecule has 0 radical (unpaired) electrons. The van der Waals surface area contributed by atoms with Gasteiger partial charge < -0.3 is 38.3 Å². The number of benzene rings is 1. The lowest BCUT2D eigenvalue weighted by molar-refractivity contribution is -0.142. The first kappa shape index (κ1) is 27.0. The standard InChI is InChI=1S/C20H28N6O7/c1-10(21)17(29)24-12(8-15(22)27)18(30)25-13(9-16(23)28)19(31)26-14(20(32)33)7-11-5-3-2-4-6-11/h2-6,10,12-14H,7-9,21H2,1H3,(H2,22,27)(H2,23,28)(H,24,29)(H,25,30)(H,26,31)(H,32,33). The van der Waals surface area contributed by atoms with E-state index in [-0.39, 0.29) is 6.42 Å². The number of carboxylic acid groups (broad SMARTS) is 1. The van der Waals surface area contributed by atoms with E-state index in [9.17, 15) is 33.9 Å². The molecule has 13 heteroatoms. The van der Waals surface area contributed by atoms with Gasteiger partial charge in [0, 0.05) is 6.42 Å². The van der Waals surface area contributed by atoms with Gasteiger partial charge in [0.1, 0.15) is 18.1 Å². The fraction of sp³-hybridized carbons (Fsp3) is 0.400. The van der Waals surface area contributed by atoms with E-state index < -0.39 is 72.5 Å². The molecule has 4 atom stereocenters. The molecule has 180 valence electrons. The van der Waals surface area contributed by atoms with Crippen molar-refractivity contribution in [1.82, 2.24) is 16.0 Å². The lowest BCUT2D eigenvalue weighted by atomic mass is 10.0. The molecule has 1 aromatic carbocycles. The lowest BCUT2D eigenvalue weighted by Crippen LogP contribution is -2.58. The Bertz CT molecular complexity index is 890. The van der Waals surface area contributed by atoms with Crippen molar-refractivity contribution in [3.8, 4) is 0 Å². The Kier molecular flexibility index (Phi) is 10.5. The largest absolute Gasteiger partial charge is 0.480 e. The molecule has 0 aromatic heterocycles. The smallest absolute Gasteiger partial charge is 0.326 e. The summed E-state index contributed by atoms with van der Waals surface area (Å²) in [6.07, 6.45) is -1.34. The number of nitrogens with one attached hydrogen (secondary N) is 3. The number of carbonyl (C=O) groups is 6. The maximum Gasteiger partial charge on any atom is 0.326 e. The van der Waals surface area contributed by atoms with E-state index in [1.807, 2.05) is 0 Å². The highest BCUT2D eigenvalue weighted by Gasteiger charge is 2.31. The monoisotopic (exact) mass is 464 g/mol. The summed E-state index contributed by atoms with van der Waals surface area (Å²) in [6.45, 7) is 1.34. The summed E-state index contributed by atoms with van der Waals surface area (Å²) >= 11 is 0. The molecule has 13 nitrogen and oxygen atoms in total. The van der Waals surface area contributed by atoms with Gasteiger partial charge in [-0.2, -0.15) is 0 Å². The van der Waals surface area contributed by atoms with Crippen LogP contribution in [0.25, 0.3) is 0 Å². The summed E-state index contributed by atoms with van der Waals surface area (Å²) in [7, 11) is 0. The minimum atomic E-state index is -1.57. The minimum Gasteiger partial charge on any atom is -0.480 e. The SMILES string of the molecule is CC(N)C(=O)NC(CC(N)=O)C(=O)NC(CC(N)=O)C(=O)NC(Cc1ccccc1)C(=O)O. The van der Waals surface area contributed by atoms with Crippen molar-refractivity contribution in [1.29, 1.82) is 0 Å². The number of carboxylic acids is 1. The van der Waals surface area contributed by atoms with Crippen LogP contribution in [0.5, 0.6) is 0 Å². The summed E-state index contributed by atoms with van der Waals surface area (Å²) in [6, 6.07) is 3.03. The van der Waals surface area contributed by atoms with Gasteiger partial charge in [0.05, 0.1) is 18.9 Å². The van der Waals surface area contributed by atoms with Crippen LogP contribution in [0.2, 0.25) is 0 Å². The van der Waals surface area contributed by atoms with Crippen LogP contribution in [-0.2, 0) is 35.2 Å². The molecular weight excluding hydrogens is 436 g/mol. The summed E-state index contributed by atoms with van der Waals surface area (Å²) in [4.78, 5) is 71.5. The third kappa shape index (κ3) is 9.78. The van der Waals surface area contributed by atoms with Crippen LogP contribution < -0.4 is 33.2 Å². The normalized spacial score (nSPS) is 14.1. The highest BCUT2D eigenvalue weighted by Crippen LogP contribution is 2.05. The van der Waals surface area contributed by atoms with E-state index in [4.69, 9.17) is 17.2 Å². The first-order chi connectivity index (χ1) is 15.4. The van der Waals surface area contributed by atoms with Gasteiger partial charge in [-0.25, -0.2) is 4.79 Å². The fourth-order valence-electron chi connectivity index (χ4n) is 2.72. The molecule has 0 bridgehead atoms. The van der Waals surface area contributed by atoms with Gasteiger partial charge in [0.2, 0.25) is 29.5 Å². The Labute approximate surface area is 189 Å². The van der Waals surface area contributed by atoms with Gasteiger partial charge in [-0.3, -0.25) is 24.0 Å². The van der Waals surface area contributed by atoms with Crippen LogP contribution in [0, 0.1) is 0 Å². The highest BCUT2D eigenvalue weighted by molar-refractivity contribution is 5.97. The molecule has 0 saturated heterocycles. The van der Waals surface area contributed by atoms with Crippen molar-refractivity contribution in [2.24, 2.45) is 17.2 Å². The second kappa shape index (κ2) is 12.8. The van der Waals surface area contributed by atoms with Gasteiger partial charge >= 0.3 is 5.97 Å². The van der Waals surface area contributed by atoms with Crippen molar-refractivity contribution < 1.29 is 33.9 Å². The average Bonchev–Trinajstić information content (AvgIpc) is 2.72. The van der Waals surface area contributed by atoms with Gasteiger partial charge in [0.15, 0.2) is 0 Å². The number of carbonyl (C=O) groups excluding carboxylic acids is 5. The zero-order chi connectivity index (χ0) is 25.1. The van der Waals surface area contributed by atoms with Crippen molar-refractivity contribution in [3.05, 3.63) is 35.9 Å². The van der Waals surface area contributed by atoms with E-state index in [1.165, 1.54) is 6.92 Å². The zero-order valence-corrected chi connectivity index (χ0v) is 17.9. The second-order valence-corrected chi connectivity index (χ2v) is 7.34. The average molecular weight is 464 g/mol. The minimum absolute atomic E-state index is 0.0616. The van der Waals surface area contributed by atoms with Crippen LogP contribution in [-0.4, -0.2) is 64.8 Å². The molecule has 4 unspecified atom stereocenters. The number of primary amides is 2. The number of hydrogen-bond donors (Lipinski definition) is 7. The van der Waals surface area contributed by atoms with Crippen LogP contribution in [0.15, 0.2) is 30.3 Å². The van der Waals surface area contributed by atoms with Gasteiger partial charge in [-0.05, 0) is 12.5 Å². The molecule has 0 aliphatic carbocycles. The first-order valence-electron chi connectivity index (χ1n) is 9.90. The Balaban J connectivity index is 3.00. The second-order valence-electron chi connectivity index (χ2n) is 7.34. The third-order valence-electron chi connectivity index (χ3n) is 4.39. The summed E-state index contributed by atoms with van der Waals surface area (Å²) in [5.41, 5.74) is 16.3. The lowest BCUT2D eigenvalue weighted by Gasteiger charge is -2.24. The Morgan fingerprint density at radius 1 is 0.788 bits per heavy atom. The Morgan fingerprint density at radius 3 is 1.61 bits per heavy atom. The molecule has 10 N–H and O–H groups in total. The first-order valence-corrected chi connectivity index (χ1v) is 9.90. The summed E-state index contributed by atoms with van der Waals surface area (Å²) < 4.78 is 0. The zero-order valence-electron chi connectivity index (χ0n) is 17.9. The summed E-state index contributed by atoms with van der Waals surface area (Å²) in [5, 5.41) is 16.1. The molecule has 5 amide bonds. The molecule has 0 saturated carbocycles. The molecule has 1 aromatic rings. The summed E-state index contributed by atoms with van der Waals surface area (Å²) in [5.74, 6) is -6.00. The van der Waals surface area contributed by atoms with Crippen LogP contribution in [0.3, 0.4) is 0 Å². The van der Waals surface area contributed by atoms with Gasteiger partial charge in [-0.15, -0.1) is 0 Å². The number of nitrogens with two attached hydrogens (primary N) is 3. The molecule has 0 aliphatic heterocycles. The van der Waals surface area contributed by atoms with Crippen molar-refractivity contribution in [2.45, 2.75) is 50.4 Å². The van der Waals surface area contributed by atoms with Crippen molar-refractivity contribution >= 4 is 35.5 Å². The fourth-order valence-corrected chi connectivity index (χ4v) is 2.72. The van der Waals surface area contributed by atoms with Crippen LogP contribution in [0.4, 0.5) is 0 Å². The maximum atomic E-state index is 12.7. The van der Waals surface area contributed by atoms with E-state index in [0.717, 1.165) is 0 Å². The van der Waals surface area contributed by atoms with Gasteiger partial charge in [0.25, 0.3) is 0 Å². The van der Waals surface area contributed by atoms with E-state index in [2.05, 4.69) is 16.0 Å². The topological polar surface area (TPSA) is 237 Å². The molecule has 0 fully saturated rings. The number of rotatable bonds is 13. The molecule has 0 aliphatic rings. The number of hydrogen-bond acceptors (Lipinski definition) is 7. The van der Waals surface area contributed by atoms with Crippen molar-refractivity contribution in [2.75, 3.05) is 0 Å². The Morgan fingerprint density at radius 2 is 1.21 bits per heavy atom. The predicted octanol–water partition coefficient (Wildman–Crippen LogP) is -3.13. The number of aliphatic carboxylic acids is 1. The Hall–Kier alpha value is -4.00. The number of amides is 5. The van der Waals surface area contributed by atoms with Crippen molar-refractivity contribution in [3.63, 3.8) is 0 Å². The molecule has 33 heavy (non-hydrogen) atoms. The third-order valence-corrected chi connectivity index (χ3v) is 4.39. The van der Waals surface area contributed by atoms with Crippen LogP contribution in [0.1, 0.15) is 25.3 Å². The van der Waals surface area contributed by atoms with Gasteiger partial charge in [-0.1, -0.05) is 30.3 Å². The maximum absolute atomic E-state index is 12.7. The molecular formula is C20H28N6O7. The van der Waals surface area contributed by atoms with E-state index >= 15 is 0 Å². The van der Waals surface area contributed by atoms with E-state index in [0.29, 0.717) is 5.56 Å². The molecule has 1 rings (SSSR count). The predicted molar refractivity (Wildman–Crippen MR) is 115 cm³/mol. The highest BCUT2D eigenvalue weighted by atomic mass is 16.4.